The summed E-state index contributed by atoms with van der Waals surface area (Å²) in [6.07, 6.45) is 1.74. The summed E-state index contributed by atoms with van der Waals surface area (Å²) in [6.45, 7) is 1.95. The fraction of sp³-hybridized carbons (Fsp3) is 0.231. The number of benzene rings is 1. The maximum absolute atomic E-state index is 12.3. The molecule has 0 N–H and O–H groups in total. The van der Waals surface area contributed by atoms with Crippen molar-refractivity contribution in [2.45, 2.75) is 17.5 Å². The van der Waals surface area contributed by atoms with E-state index in [9.17, 15) is 4.79 Å². The molecule has 0 spiro atoms. The Kier molecular flexibility index (Phi) is 3.09. The lowest BCUT2D eigenvalue weighted by atomic mass is 10.2. The minimum absolute atomic E-state index is 0.0147. The van der Waals surface area contributed by atoms with Crippen LogP contribution in [0, 0.1) is 0 Å². The highest BCUT2D eigenvalue weighted by Gasteiger charge is 2.40. The van der Waals surface area contributed by atoms with Crippen LogP contribution >= 0.6 is 23.1 Å². The third-order valence-corrected chi connectivity index (χ3v) is 4.98. The lowest BCUT2D eigenvalue weighted by molar-refractivity contribution is -0.117. The fourth-order valence-electron chi connectivity index (χ4n) is 2.00. The summed E-state index contributed by atoms with van der Waals surface area (Å²) in [5.41, 5.74) is 1.15. The van der Waals surface area contributed by atoms with Gasteiger partial charge >= 0.3 is 0 Å². The maximum atomic E-state index is 12.3. The van der Waals surface area contributed by atoms with Crippen molar-refractivity contribution in [3.05, 3.63) is 47.5 Å². The van der Waals surface area contributed by atoms with Crippen molar-refractivity contribution in [2.24, 2.45) is 0 Å². The molecule has 1 aliphatic heterocycles. The van der Waals surface area contributed by atoms with Gasteiger partial charge in [-0.25, -0.2) is 4.98 Å². The van der Waals surface area contributed by atoms with E-state index in [-0.39, 0.29) is 16.5 Å². The average Bonchev–Trinajstić information content (AvgIpc) is 3.00. The van der Waals surface area contributed by atoms with E-state index in [1.807, 2.05) is 35.4 Å². The number of aromatic nitrogens is 1. The van der Waals surface area contributed by atoms with Gasteiger partial charge in [-0.05, 0) is 12.5 Å². The molecule has 1 aliphatic rings. The van der Waals surface area contributed by atoms with Gasteiger partial charge in [0.1, 0.15) is 5.37 Å². The lowest BCUT2D eigenvalue weighted by Crippen LogP contribution is -2.29. The maximum Gasteiger partial charge on any atom is 0.242 e. The van der Waals surface area contributed by atoms with Gasteiger partial charge < -0.3 is 0 Å². The number of anilines is 1. The second-order valence-corrected chi connectivity index (χ2v) is 6.36. The molecule has 2 heterocycles. The Labute approximate surface area is 114 Å². The number of amides is 1. The number of hydrogen-bond acceptors (Lipinski definition) is 4. The predicted octanol–water partition coefficient (Wildman–Crippen LogP) is 3.31. The Morgan fingerprint density at radius 1 is 1.28 bits per heavy atom. The van der Waals surface area contributed by atoms with Gasteiger partial charge in [0.15, 0.2) is 5.13 Å². The van der Waals surface area contributed by atoms with E-state index in [4.69, 9.17) is 0 Å². The Morgan fingerprint density at radius 3 is 2.72 bits per heavy atom. The molecule has 18 heavy (non-hydrogen) atoms. The molecular weight excluding hydrogens is 264 g/mol. The van der Waals surface area contributed by atoms with Crippen LogP contribution in [0.4, 0.5) is 5.13 Å². The van der Waals surface area contributed by atoms with E-state index in [2.05, 4.69) is 17.1 Å². The van der Waals surface area contributed by atoms with Crippen LogP contribution in [0.1, 0.15) is 17.9 Å². The van der Waals surface area contributed by atoms with Crippen LogP contribution in [-0.4, -0.2) is 16.1 Å². The monoisotopic (exact) mass is 276 g/mol. The molecule has 1 saturated heterocycles. The van der Waals surface area contributed by atoms with Gasteiger partial charge in [-0.2, -0.15) is 0 Å². The van der Waals surface area contributed by atoms with Crippen molar-refractivity contribution in [1.82, 2.24) is 4.98 Å². The third kappa shape index (κ3) is 1.93. The second-order valence-electron chi connectivity index (χ2n) is 4.06. The number of nitrogens with zero attached hydrogens (tertiary/aromatic N) is 2. The molecule has 0 radical (unpaired) electrons. The van der Waals surface area contributed by atoms with E-state index in [1.165, 1.54) is 11.3 Å². The number of carbonyl (C=O) groups excluding carboxylic acids is 1. The first-order valence-electron chi connectivity index (χ1n) is 5.70. The molecule has 3 nitrogen and oxygen atoms in total. The standard InChI is InChI=1S/C13H12N2OS2/c1-9-11(16)15(13-14-7-8-17-13)12(18-9)10-5-3-2-4-6-10/h2-9,12H,1H3/t9-,12-/m0/s1. The summed E-state index contributed by atoms with van der Waals surface area (Å²) in [5, 5.41) is 2.71. The van der Waals surface area contributed by atoms with Crippen LogP contribution in [0.2, 0.25) is 0 Å². The van der Waals surface area contributed by atoms with Gasteiger partial charge in [0.2, 0.25) is 5.91 Å². The summed E-state index contributed by atoms with van der Waals surface area (Å²) in [6, 6.07) is 10.1. The molecule has 2 atom stereocenters. The van der Waals surface area contributed by atoms with Crippen LogP contribution in [0.15, 0.2) is 41.9 Å². The number of hydrogen-bond donors (Lipinski definition) is 0. The van der Waals surface area contributed by atoms with E-state index in [0.717, 1.165) is 10.7 Å². The number of thiazole rings is 1. The molecule has 3 rings (SSSR count). The highest BCUT2D eigenvalue weighted by molar-refractivity contribution is 8.01. The van der Waals surface area contributed by atoms with Crippen molar-refractivity contribution in [2.75, 3.05) is 4.90 Å². The molecular formula is C13H12N2OS2. The third-order valence-electron chi connectivity index (χ3n) is 2.86. The van der Waals surface area contributed by atoms with Crippen molar-refractivity contribution in [3.63, 3.8) is 0 Å². The molecule has 0 saturated carbocycles. The minimum Gasteiger partial charge on any atom is -0.273 e. The largest absolute Gasteiger partial charge is 0.273 e. The Morgan fingerprint density at radius 2 is 2.06 bits per heavy atom. The Balaban J connectivity index is 2.01. The summed E-state index contributed by atoms with van der Waals surface area (Å²) >= 11 is 3.18. The van der Waals surface area contributed by atoms with E-state index >= 15 is 0 Å². The molecule has 1 fully saturated rings. The van der Waals surface area contributed by atoms with E-state index in [0.29, 0.717) is 0 Å². The van der Waals surface area contributed by atoms with Crippen molar-refractivity contribution in [1.29, 1.82) is 0 Å². The number of thioether (sulfide) groups is 1. The highest BCUT2D eigenvalue weighted by Crippen LogP contribution is 2.45. The van der Waals surface area contributed by atoms with Gasteiger partial charge in [-0.3, -0.25) is 9.69 Å². The summed E-state index contributed by atoms with van der Waals surface area (Å²) in [7, 11) is 0. The number of rotatable bonds is 2. The van der Waals surface area contributed by atoms with Crippen LogP contribution in [0.5, 0.6) is 0 Å². The second kappa shape index (κ2) is 4.74. The zero-order valence-electron chi connectivity index (χ0n) is 9.82. The molecule has 1 aromatic carbocycles. The molecule has 0 aliphatic carbocycles. The first-order chi connectivity index (χ1) is 8.77. The van der Waals surface area contributed by atoms with Crippen LogP contribution in [0.3, 0.4) is 0 Å². The SMILES string of the molecule is C[C@@H]1S[C@@H](c2ccccc2)N(c2nccs2)C1=O. The quantitative estimate of drug-likeness (QED) is 0.843. The molecule has 0 unspecified atom stereocenters. The van der Waals surface area contributed by atoms with Gasteiger partial charge in [-0.15, -0.1) is 23.1 Å². The van der Waals surface area contributed by atoms with Gasteiger partial charge in [-0.1, -0.05) is 30.3 Å². The zero-order valence-corrected chi connectivity index (χ0v) is 11.4. The smallest absolute Gasteiger partial charge is 0.242 e. The normalized spacial score (nSPS) is 23.6. The molecule has 2 aromatic rings. The first kappa shape index (κ1) is 11.7. The van der Waals surface area contributed by atoms with E-state index in [1.54, 1.807) is 18.0 Å². The summed E-state index contributed by atoms with van der Waals surface area (Å²) in [4.78, 5) is 18.3. The van der Waals surface area contributed by atoms with Crippen LogP contribution < -0.4 is 4.90 Å². The van der Waals surface area contributed by atoms with Crippen LogP contribution in [0.25, 0.3) is 0 Å². The molecule has 1 aromatic heterocycles. The summed E-state index contributed by atoms with van der Waals surface area (Å²) < 4.78 is 0. The molecule has 92 valence electrons. The molecule has 0 bridgehead atoms. The average molecular weight is 276 g/mol. The van der Waals surface area contributed by atoms with Crippen molar-refractivity contribution < 1.29 is 4.79 Å². The zero-order chi connectivity index (χ0) is 12.5. The number of carbonyl (C=O) groups is 1. The van der Waals surface area contributed by atoms with Gasteiger partial charge in [0, 0.05) is 11.6 Å². The van der Waals surface area contributed by atoms with Crippen molar-refractivity contribution in [3.8, 4) is 0 Å². The van der Waals surface area contributed by atoms with Gasteiger partial charge in [0.05, 0.1) is 5.25 Å². The Bertz CT molecular complexity index is 541. The highest BCUT2D eigenvalue weighted by atomic mass is 32.2. The predicted molar refractivity (Wildman–Crippen MR) is 75.8 cm³/mol. The van der Waals surface area contributed by atoms with Gasteiger partial charge in [0.25, 0.3) is 0 Å². The molecule has 1 amide bonds. The van der Waals surface area contributed by atoms with E-state index < -0.39 is 0 Å². The Hall–Kier alpha value is -1.33. The molecule has 5 heteroatoms. The fourth-order valence-corrected chi connectivity index (χ4v) is 4.00. The minimum atomic E-state index is -0.0147. The van der Waals surface area contributed by atoms with Crippen LogP contribution in [-0.2, 0) is 4.79 Å². The summed E-state index contributed by atoms with van der Waals surface area (Å²) in [5.74, 6) is 0.142. The lowest BCUT2D eigenvalue weighted by Gasteiger charge is -2.21. The topological polar surface area (TPSA) is 33.2 Å². The van der Waals surface area contributed by atoms with Crippen molar-refractivity contribution >= 4 is 34.1 Å². The first-order valence-corrected chi connectivity index (χ1v) is 7.52.